The molecule has 1 aromatic carbocycles. The van der Waals surface area contributed by atoms with Gasteiger partial charge in [0.1, 0.15) is 6.61 Å². The van der Waals surface area contributed by atoms with Gasteiger partial charge in [0.25, 0.3) is 10.2 Å². The number of rotatable bonds is 6. The second-order valence-electron chi connectivity index (χ2n) is 3.43. The van der Waals surface area contributed by atoms with Crippen LogP contribution >= 0.6 is 0 Å². The van der Waals surface area contributed by atoms with Crippen LogP contribution < -0.4 is 15.2 Å². The summed E-state index contributed by atoms with van der Waals surface area (Å²) < 4.78 is 28.0. The molecule has 0 spiro atoms. The van der Waals surface area contributed by atoms with E-state index in [0.29, 0.717) is 0 Å². The van der Waals surface area contributed by atoms with Gasteiger partial charge in [-0.05, 0) is 5.56 Å². The van der Waals surface area contributed by atoms with E-state index in [1.165, 1.54) is 0 Å². The van der Waals surface area contributed by atoms with Crippen LogP contribution in [-0.4, -0.2) is 27.6 Å². The van der Waals surface area contributed by atoms with E-state index in [1.807, 2.05) is 35.1 Å². The molecule has 0 bridgehead atoms. The number of carbonyl (C=O) groups is 1. The van der Waals surface area contributed by atoms with E-state index < -0.39 is 16.3 Å². The van der Waals surface area contributed by atoms with E-state index in [-0.39, 0.29) is 19.7 Å². The molecule has 0 fully saturated rings. The Bertz CT molecular complexity index is 475. The van der Waals surface area contributed by atoms with Crippen LogP contribution in [0, 0.1) is 0 Å². The number of hydrogen-bond donors (Lipinski definition) is 3. The van der Waals surface area contributed by atoms with Crippen molar-refractivity contribution in [2.45, 2.75) is 6.61 Å². The standard InChI is InChI=1S/C10H15N3O4S/c11-18(15,16)13-7-6-12-10(14)17-8-9-4-2-1-3-5-9/h1-5,13H,6-8H2,(H,12,14)(H2,11,15,16). The van der Waals surface area contributed by atoms with Crippen molar-refractivity contribution in [1.29, 1.82) is 0 Å². The Hall–Kier alpha value is -1.64. The third kappa shape index (κ3) is 6.84. The second-order valence-corrected chi connectivity index (χ2v) is 4.81. The van der Waals surface area contributed by atoms with Crippen LogP contribution in [0.1, 0.15) is 5.56 Å². The number of amides is 1. The summed E-state index contributed by atoms with van der Waals surface area (Å²) in [5, 5.41) is 7.09. The number of alkyl carbamates (subject to hydrolysis) is 1. The molecule has 1 aromatic rings. The first-order valence-electron chi connectivity index (χ1n) is 5.19. The highest BCUT2D eigenvalue weighted by Crippen LogP contribution is 2.00. The topological polar surface area (TPSA) is 111 Å². The van der Waals surface area contributed by atoms with Gasteiger partial charge in [0, 0.05) is 13.1 Å². The van der Waals surface area contributed by atoms with E-state index in [9.17, 15) is 13.2 Å². The van der Waals surface area contributed by atoms with Crippen LogP contribution in [-0.2, 0) is 21.6 Å². The quantitative estimate of drug-likeness (QED) is 0.618. The van der Waals surface area contributed by atoms with Crippen LogP contribution in [0.4, 0.5) is 4.79 Å². The molecule has 8 heteroatoms. The highest BCUT2D eigenvalue weighted by atomic mass is 32.2. The fourth-order valence-corrected chi connectivity index (χ4v) is 1.52. The lowest BCUT2D eigenvalue weighted by Gasteiger charge is -2.07. The Morgan fingerprint density at radius 1 is 1.22 bits per heavy atom. The minimum Gasteiger partial charge on any atom is -0.445 e. The van der Waals surface area contributed by atoms with E-state index in [4.69, 9.17) is 9.88 Å². The molecule has 0 aliphatic carbocycles. The Morgan fingerprint density at radius 3 is 2.50 bits per heavy atom. The molecule has 0 saturated heterocycles. The largest absolute Gasteiger partial charge is 0.445 e. The van der Waals surface area contributed by atoms with Gasteiger partial charge in [-0.25, -0.2) is 14.7 Å². The van der Waals surface area contributed by atoms with Gasteiger partial charge in [0.05, 0.1) is 0 Å². The summed E-state index contributed by atoms with van der Waals surface area (Å²) >= 11 is 0. The molecule has 1 amide bonds. The van der Waals surface area contributed by atoms with Crippen molar-refractivity contribution in [3.05, 3.63) is 35.9 Å². The fourth-order valence-electron chi connectivity index (χ4n) is 1.13. The van der Waals surface area contributed by atoms with E-state index >= 15 is 0 Å². The predicted octanol–water partition coefficient (Wildman–Crippen LogP) is -0.294. The van der Waals surface area contributed by atoms with Gasteiger partial charge in [-0.15, -0.1) is 0 Å². The molecule has 100 valence electrons. The monoisotopic (exact) mass is 273 g/mol. The van der Waals surface area contributed by atoms with Crippen LogP contribution in [0.5, 0.6) is 0 Å². The van der Waals surface area contributed by atoms with Crippen LogP contribution in [0.15, 0.2) is 30.3 Å². The molecular weight excluding hydrogens is 258 g/mol. The molecule has 1 rings (SSSR count). The Kier molecular flexibility index (Phi) is 5.56. The molecule has 4 N–H and O–H groups in total. The SMILES string of the molecule is NS(=O)(=O)NCCNC(=O)OCc1ccccc1. The molecule has 18 heavy (non-hydrogen) atoms. The third-order valence-electron chi connectivity index (χ3n) is 1.91. The van der Waals surface area contributed by atoms with Crippen molar-refractivity contribution in [1.82, 2.24) is 10.0 Å². The Morgan fingerprint density at radius 2 is 1.89 bits per heavy atom. The van der Waals surface area contributed by atoms with Crippen molar-refractivity contribution in [3.8, 4) is 0 Å². The average molecular weight is 273 g/mol. The smallest absolute Gasteiger partial charge is 0.407 e. The van der Waals surface area contributed by atoms with Crippen LogP contribution in [0.2, 0.25) is 0 Å². The van der Waals surface area contributed by atoms with E-state index in [2.05, 4.69) is 5.32 Å². The van der Waals surface area contributed by atoms with Gasteiger partial charge in [0.15, 0.2) is 0 Å². The lowest BCUT2D eigenvalue weighted by molar-refractivity contribution is 0.140. The predicted molar refractivity (Wildman–Crippen MR) is 65.7 cm³/mol. The highest BCUT2D eigenvalue weighted by molar-refractivity contribution is 7.87. The van der Waals surface area contributed by atoms with Crippen molar-refractivity contribution in [2.75, 3.05) is 13.1 Å². The minimum absolute atomic E-state index is 0.0132. The zero-order valence-corrected chi connectivity index (χ0v) is 10.4. The molecule has 0 saturated carbocycles. The molecule has 0 aromatic heterocycles. The molecule has 0 atom stereocenters. The summed E-state index contributed by atoms with van der Waals surface area (Å²) in [5.74, 6) is 0. The maximum atomic E-state index is 11.2. The number of carbonyl (C=O) groups excluding carboxylic acids is 1. The normalized spacial score (nSPS) is 10.9. The number of hydrogen-bond acceptors (Lipinski definition) is 4. The summed E-state index contributed by atoms with van der Waals surface area (Å²) in [5.41, 5.74) is 0.871. The zero-order valence-electron chi connectivity index (χ0n) is 9.63. The Balaban J connectivity index is 2.15. The second kappa shape index (κ2) is 6.94. The van der Waals surface area contributed by atoms with Gasteiger partial charge in [0.2, 0.25) is 0 Å². The molecule has 0 aliphatic heterocycles. The van der Waals surface area contributed by atoms with Crippen molar-refractivity contribution in [2.24, 2.45) is 5.14 Å². The van der Waals surface area contributed by atoms with Gasteiger partial charge >= 0.3 is 6.09 Å². The first-order chi connectivity index (χ1) is 8.47. The molecule has 0 unspecified atom stereocenters. The molecular formula is C10H15N3O4S. The molecule has 0 heterocycles. The number of ether oxygens (including phenoxy) is 1. The van der Waals surface area contributed by atoms with E-state index in [0.717, 1.165) is 5.56 Å². The van der Waals surface area contributed by atoms with E-state index in [1.54, 1.807) is 0 Å². The van der Waals surface area contributed by atoms with Crippen LogP contribution in [0.25, 0.3) is 0 Å². The lowest BCUT2D eigenvalue weighted by Crippen LogP contribution is -2.37. The minimum atomic E-state index is -3.72. The van der Waals surface area contributed by atoms with Crippen molar-refractivity contribution in [3.63, 3.8) is 0 Å². The number of nitrogens with one attached hydrogen (secondary N) is 2. The van der Waals surface area contributed by atoms with Gasteiger partial charge < -0.3 is 10.1 Å². The summed E-state index contributed by atoms with van der Waals surface area (Å²) in [4.78, 5) is 11.2. The van der Waals surface area contributed by atoms with Crippen molar-refractivity contribution < 1.29 is 17.9 Å². The third-order valence-corrected chi connectivity index (χ3v) is 2.52. The fraction of sp³-hybridized carbons (Fsp3) is 0.300. The summed E-state index contributed by atoms with van der Waals surface area (Å²) in [6.45, 7) is 0.276. The summed E-state index contributed by atoms with van der Waals surface area (Å²) in [7, 11) is -3.72. The average Bonchev–Trinajstić information content (AvgIpc) is 2.32. The Labute approximate surface area is 106 Å². The first kappa shape index (κ1) is 14.4. The maximum Gasteiger partial charge on any atom is 0.407 e. The zero-order chi connectivity index (χ0) is 13.4. The highest BCUT2D eigenvalue weighted by Gasteiger charge is 2.03. The van der Waals surface area contributed by atoms with Gasteiger partial charge in [-0.1, -0.05) is 30.3 Å². The summed E-state index contributed by atoms with van der Waals surface area (Å²) in [6, 6.07) is 9.20. The first-order valence-corrected chi connectivity index (χ1v) is 6.74. The lowest BCUT2D eigenvalue weighted by atomic mass is 10.2. The van der Waals surface area contributed by atoms with Gasteiger partial charge in [-0.3, -0.25) is 0 Å². The summed E-state index contributed by atoms with van der Waals surface area (Å²) in [6.07, 6.45) is -0.616. The molecule has 0 radical (unpaired) electrons. The molecule has 7 nitrogen and oxygen atoms in total. The number of nitrogens with two attached hydrogens (primary N) is 1. The maximum absolute atomic E-state index is 11.2. The molecule has 0 aliphatic rings. The number of benzene rings is 1. The van der Waals surface area contributed by atoms with Gasteiger partial charge in [-0.2, -0.15) is 8.42 Å². The van der Waals surface area contributed by atoms with Crippen LogP contribution in [0.3, 0.4) is 0 Å². The van der Waals surface area contributed by atoms with Crippen molar-refractivity contribution >= 4 is 16.3 Å².